The first-order chi connectivity index (χ1) is 12.4. The van der Waals surface area contributed by atoms with Crippen molar-refractivity contribution in [2.45, 2.75) is 50.9 Å². The van der Waals surface area contributed by atoms with Crippen LogP contribution in [-0.4, -0.2) is 42.4 Å². The molecule has 1 atom stereocenters. The van der Waals surface area contributed by atoms with Crippen molar-refractivity contribution in [3.05, 3.63) is 33.8 Å². The zero-order valence-corrected chi connectivity index (χ0v) is 16.3. The highest BCUT2D eigenvalue weighted by Gasteiger charge is 2.07. The molecule has 0 aliphatic carbocycles. The third-order valence-corrected chi connectivity index (χ3v) is 4.39. The monoisotopic (exact) mass is 404 g/mol. The third kappa shape index (κ3) is 14.3. The summed E-state index contributed by atoms with van der Waals surface area (Å²) < 4.78 is 0. The van der Waals surface area contributed by atoms with Gasteiger partial charge in [-0.05, 0) is 62.8 Å². The number of nitrogens with two attached hydrogens (primary N) is 1. The van der Waals surface area contributed by atoms with E-state index in [0.29, 0.717) is 16.4 Å². The number of rotatable bonds is 12. The van der Waals surface area contributed by atoms with Crippen molar-refractivity contribution in [2.75, 3.05) is 13.1 Å². The maximum absolute atomic E-state index is 8.76. The SMILES string of the molecule is NC(CCCCB(O)O)CCCNCCc1ccc(Cl)cc1Cl.O=C=O. The van der Waals surface area contributed by atoms with Crippen molar-refractivity contribution in [1.82, 2.24) is 5.32 Å². The Labute approximate surface area is 165 Å². The van der Waals surface area contributed by atoms with Crippen molar-refractivity contribution < 1.29 is 19.6 Å². The van der Waals surface area contributed by atoms with Crippen LogP contribution in [0.3, 0.4) is 0 Å². The molecule has 0 saturated heterocycles. The maximum atomic E-state index is 8.76. The Morgan fingerprint density at radius 1 is 1.12 bits per heavy atom. The fourth-order valence-corrected chi connectivity index (χ4v) is 2.94. The van der Waals surface area contributed by atoms with Gasteiger partial charge in [-0.25, -0.2) is 0 Å². The Morgan fingerprint density at radius 2 is 1.77 bits per heavy atom. The first kappa shape index (κ1) is 25.1. The van der Waals surface area contributed by atoms with E-state index in [2.05, 4.69) is 5.32 Å². The minimum Gasteiger partial charge on any atom is -0.427 e. The van der Waals surface area contributed by atoms with Crippen LogP contribution >= 0.6 is 23.2 Å². The van der Waals surface area contributed by atoms with Gasteiger partial charge in [0.25, 0.3) is 0 Å². The zero-order chi connectivity index (χ0) is 19.8. The average molecular weight is 405 g/mol. The lowest BCUT2D eigenvalue weighted by atomic mass is 9.83. The number of carbonyl (C=O) groups excluding carboxylic acids is 2. The quantitative estimate of drug-likeness (QED) is 0.314. The molecule has 1 aromatic rings. The normalized spacial score (nSPS) is 11.3. The van der Waals surface area contributed by atoms with Crippen LogP contribution < -0.4 is 11.1 Å². The Morgan fingerprint density at radius 3 is 2.38 bits per heavy atom. The second-order valence-corrected chi connectivity index (χ2v) is 6.83. The van der Waals surface area contributed by atoms with E-state index in [0.717, 1.165) is 57.2 Å². The van der Waals surface area contributed by atoms with E-state index < -0.39 is 7.12 Å². The molecular formula is C17H27BCl2N2O4. The summed E-state index contributed by atoms with van der Waals surface area (Å²) in [4.78, 5) is 16.2. The van der Waals surface area contributed by atoms with Crippen LogP contribution in [0.2, 0.25) is 16.4 Å². The number of halogens is 2. The smallest absolute Gasteiger partial charge is 0.427 e. The van der Waals surface area contributed by atoms with Crippen LogP contribution in [0.15, 0.2) is 18.2 Å². The highest BCUT2D eigenvalue weighted by molar-refractivity contribution is 6.40. The third-order valence-electron chi connectivity index (χ3n) is 3.80. The largest absolute Gasteiger partial charge is 0.451 e. The van der Waals surface area contributed by atoms with Gasteiger partial charge in [-0.3, -0.25) is 0 Å². The van der Waals surface area contributed by atoms with Crippen LogP contribution in [0, 0.1) is 0 Å². The second-order valence-electron chi connectivity index (χ2n) is 5.99. The molecule has 1 rings (SSSR count). The first-order valence-electron chi connectivity index (χ1n) is 8.66. The zero-order valence-electron chi connectivity index (χ0n) is 14.8. The molecule has 1 aromatic carbocycles. The lowest BCUT2D eigenvalue weighted by molar-refractivity contribution is -0.191. The van der Waals surface area contributed by atoms with Crippen LogP contribution in [0.4, 0.5) is 0 Å². The molecule has 0 radical (unpaired) electrons. The molecule has 6 nitrogen and oxygen atoms in total. The number of hydrogen-bond acceptors (Lipinski definition) is 6. The van der Waals surface area contributed by atoms with Gasteiger partial charge in [-0.15, -0.1) is 0 Å². The topological polar surface area (TPSA) is 113 Å². The second kappa shape index (κ2) is 16.3. The lowest BCUT2D eigenvalue weighted by Crippen LogP contribution is -2.24. The first-order valence-corrected chi connectivity index (χ1v) is 9.42. The van der Waals surface area contributed by atoms with E-state index >= 15 is 0 Å². The van der Waals surface area contributed by atoms with E-state index in [-0.39, 0.29) is 12.2 Å². The van der Waals surface area contributed by atoms with Crippen molar-refractivity contribution in [2.24, 2.45) is 5.73 Å². The number of nitrogens with one attached hydrogen (secondary N) is 1. The number of unbranched alkanes of at least 4 members (excludes halogenated alkanes) is 1. The summed E-state index contributed by atoms with van der Waals surface area (Å²) in [6.45, 7) is 1.82. The molecule has 9 heteroatoms. The van der Waals surface area contributed by atoms with E-state index in [1.54, 1.807) is 6.07 Å². The summed E-state index contributed by atoms with van der Waals surface area (Å²) in [5, 5.41) is 22.3. The number of hydrogen-bond donors (Lipinski definition) is 4. The molecule has 0 aliphatic rings. The van der Waals surface area contributed by atoms with Crippen molar-refractivity contribution in [3.63, 3.8) is 0 Å². The van der Waals surface area contributed by atoms with Gasteiger partial charge in [0, 0.05) is 16.1 Å². The Balaban J connectivity index is 0.00000194. The van der Waals surface area contributed by atoms with Gasteiger partial charge >= 0.3 is 13.3 Å². The predicted molar refractivity (Wildman–Crippen MR) is 104 cm³/mol. The van der Waals surface area contributed by atoms with Gasteiger partial charge in [0.05, 0.1) is 0 Å². The Kier molecular flexibility index (Phi) is 15.7. The van der Waals surface area contributed by atoms with Crippen molar-refractivity contribution in [1.29, 1.82) is 0 Å². The van der Waals surface area contributed by atoms with Gasteiger partial charge in [0.1, 0.15) is 0 Å². The van der Waals surface area contributed by atoms with Crippen LogP contribution in [0.1, 0.15) is 37.7 Å². The molecule has 26 heavy (non-hydrogen) atoms. The molecule has 0 heterocycles. The van der Waals surface area contributed by atoms with Crippen molar-refractivity contribution >= 4 is 36.5 Å². The molecule has 0 fully saturated rings. The Hall–Kier alpha value is -0.915. The molecule has 1 unspecified atom stereocenters. The average Bonchev–Trinajstić information content (AvgIpc) is 2.57. The van der Waals surface area contributed by atoms with Gasteiger partial charge in [0.15, 0.2) is 0 Å². The van der Waals surface area contributed by atoms with E-state index in [1.807, 2.05) is 12.1 Å². The van der Waals surface area contributed by atoms with Gasteiger partial charge < -0.3 is 21.1 Å². The molecule has 5 N–H and O–H groups in total. The predicted octanol–water partition coefficient (Wildman–Crippen LogP) is 2.29. The minimum atomic E-state index is -1.19. The fourth-order valence-electron chi connectivity index (χ4n) is 2.44. The van der Waals surface area contributed by atoms with Gasteiger partial charge in [-0.2, -0.15) is 9.59 Å². The summed E-state index contributed by atoms with van der Waals surface area (Å²) in [6.07, 6.45) is 6.28. The molecule has 146 valence electrons. The number of benzene rings is 1. The molecule has 0 amide bonds. The van der Waals surface area contributed by atoms with E-state index in [1.165, 1.54) is 0 Å². The summed E-state index contributed by atoms with van der Waals surface area (Å²) in [5.74, 6) is 0. The highest BCUT2D eigenvalue weighted by atomic mass is 35.5. The van der Waals surface area contributed by atoms with Crippen LogP contribution in [-0.2, 0) is 16.0 Å². The molecule has 0 spiro atoms. The minimum absolute atomic E-state index is 0.193. The molecule has 0 bridgehead atoms. The summed E-state index contributed by atoms with van der Waals surface area (Å²) in [7, 11) is -1.19. The van der Waals surface area contributed by atoms with Crippen LogP contribution in [0.5, 0.6) is 0 Å². The van der Waals surface area contributed by atoms with E-state index in [4.69, 9.17) is 48.6 Å². The van der Waals surface area contributed by atoms with Crippen molar-refractivity contribution in [3.8, 4) is 0 Å². The summed E-state index contributed by atoms with van der Waals surface area (Å²) in [5.41, 5.74) is 7.15. The summed E-state index contributed by atoms with van der Waals surface area (Å²) in [6, 6.07) is 5.79. The van der Waals surface area contributed by atoms with Gasteiger partial charge in [0.2, 0.25) is 0 Å². The Bertz CT molecular complexity index is 529. The van der Waals surface area contributed by atoms with E-state index in [9.17, 15) is 0 Å². The van der Waals surface area contributed by atoms with Gasteiger partial charge in [-0.1, -0.05) is 42.1 Å². The molecule has 0 saturated carbocycles. The van der Waals surface area contributed by atoms with Crippen LogP contribution in [0.25, 0.3) is 0 Å². The standard InChI is InChI=1S/C16H27BCl2N2O2.CO2/c18-14-7-6-13(16(19)12-14)8-11-21-10-3-5-15(20)4-1-2-9-17(22)23;2-1-3/h6-7,12,15,21-23H,1-5,8-11,20H2;. The summed E-state index contributed by atoms with van der Waals surface area (Å²) >= 11 is 12.0. The molecule has 0 aromatic heterocycles. The maximum Gasteiger partial charge on any atom is 0.451 e. The highest BCUT2D eigenvalue weighted by Crippen LogP contribution is 2.21. The molecule has 0 aliphatic heterocycles. The lowest BCUT2D eigenvalue weighted by Gasteiger charge is -2.12. The molecular weight excluding hydrogens is 378 g/mol. The fraction of sp³-hybridized carbons (Fsp3) is 0.588.